The Morgan fingerprint density at radius 2 is 1.27 bits per heavy atom. The van der Waals surface area contributed by atoms with Crippen LogP contribution in [0.25, 0.3) is 32.0 Å². The third kappa shape index (κ3) is 11.7. The maximum Gasteiger partial charge on any atom is 0.338 e. The third-order valence-corrected chi connectivity index (χ3v) is 10.4. The number of ether oxygens (including phenoxy) is 2. The predicted molar refractivity (Wildman–Crippen MR) is 197 cm³/mol. The van der Waals surface area contributed by atoms with Gasteiger partial charge < -0.3 is 23.5 Å². The first-order chi connectivity index (χ1) is 22.0. The van der Waals surface area contributed by atoms with Gasteiger partial charge in [-0.2, -0.15) is 4.57 Å². The van der Waals surface area contributed by atoms with Crippen molar-refractivity contribution in [1.82, 2.24) is 37.8 Å². The molecule has 0 aliphatic heterocycles. The summed E-state index contributed by atoms with van der Waals surface area (Å²) in [6, 6.07) is 2.09. The third-order valence-electron chi connectivity index (χ3n) is 6.70. The SMILES string of the molecule is C.Cn1c(=O)[nH]c(=O)c2c1ncn2COCC[Si](C)(C)C.[C-]#[N+]CBr.[C-]#[N+]Cn1c(=O)c2c(ncn2COCC[Si](C)(C)C)n(C)c1=O. The minimum absolute atomic E-state index is 0. The van der Waals surface area contributed by atoms with Gasteiger partial charge in [0.25, 0.3) is 23.2 Å². The van der Waals surface area contributed by atoms with Crippen LogP contribution in [0.15, 0.2) is 31.8 Å². The van der Waals surface area contributed by atoms with Crippen LogP contribution in [0.3, 0.4) is 0 Å². The van der Waals surface area contributed by atoms with E-state index in [1.165, 1.54) is 28.8 Å². The number of hydrogen-bond acceptors (Lipinski definition) is 8. The Morgan fingerprint density at radius 1 is 0.812 bits per heavy atom. The normalized spacial score (nSPS) is 11.1. The number of fused-ring (bicyclic) bond motifs is 2. The molecule has 19 heteroatoms. The highest BCUT2D eigenvalue weighted by atomic mass is 79.9. The summed E-state index contributed by atoms with van der Waals surface area (Å²) in [4.78, 5) is 64.4. The number of halogens is 1. The molecule has 1 N–H and O–H groups in total. The molecule has 0 radical (unpaired) electrons. The maximum atomic E-state index is 12.5. The Labute approximate surface area is 289 Å². The van der Waals surface area contributed by atoms with Crippen molar-refractivity contribution in [1.29, 1.82) is 0 Å². The van der Waals surface area contributed by atoms with Gasteiger partial charge in [0.05, 0.1) is 12.7 Å². The van der Waals surface area contributed by atoms with Crippen molar-refractivity contribution in [2.24, 2.45) is 14.1 Å². The number of H-pyrrole nitrogens is 1. The summed E-state index contributed by atoms with van der Waals surface area (Å²) >= 11 is 2.89. The van der Waals surface area contributed by atoms with Gasteiger partial charge in [0.1, 0.15) is 13.5 Å². The predicted octanol–water partition coefficient (Wildman–Crippen LogP) is 3.72. The monoisotopic (exact) mass is 766 g/mol. The van der Waals surface area contributed by atoms with Crippen LogP contribution in [0, 0.1) is 13.1 Å². The molecule has 4 rings (SSSR count). The first kappa shape index (κ1) is 42.1. The van der Waals surface area contributed by atoms with Crippen LogP contribution in [-0.2, 0) is 43.7 Å². The van der Waals surface area contributed by atoms with Gasteiger partial charge in [0, 0.05) is 59.4 Å². The van der Waals surface area contributed by atoms with Gasteiger partial charge >= 0.3 is 11.4 Å². The number of aryl methyl sites for hydroxylation is 2. The van der Waals surface area contributed by atoms with Crippen molar-refractivity contribution in [3.05, 3.63) is 77.2 Å². The highest BCUT2D eigenvalue weighted by Crippen LogP contribution is 2.11. The topological polar surface area (TPSA) is 162 Å². The Balaban J connectivity index is 0.000000427. The van der Waals surface area contributed by atoms with Gasteiger partial charge in [-0.15, -0.1) is 0 Å². The Kier molecular flexibility index (Phi) is 16.3. The molecular formula is C29H47BrN10O6Si2. The second kappa shape index (κ2) is 18.6. The lowest BCUT2D eigenvalue weighted by Gasteiger charge is -2.15. The molecule has 4 heterocycles. The average molecular weight is 768 g/mol. The molecule has 0 spiro atoms. The largest absolute Gasteiger partial charge is 0.361 e. The van der Waals surface area contributed by atoms with Crippen LogP contribution >= 0.6 is 15.9 Å². The minimum atomic E-state index is -1.17. The molecule has 264 valence electrons. The summed E-state index contributed by atoms with van der Waals surface area (Å²) < 4.78 is 18.0. The van der Waals surface area contributed by atoms with Crippen LogP contribution in [0.2, 0.25) is 51.4 Å². The van der Waals surface area contributed by atoms with E-state index in [0.717, 1.165) is 16.7 Å². The molecule has 0 amide bonds. The highest BCUT2D eigenvalue weighted by Gasteiger charge is 2.18. The lowest BCUT2D eigenvalue weighted by atomic mass is 10.5. The van der Waals surface area contributed by atoms with Crippen LogP contribution in [0.1, 0.15) is 7.43 Å². The van der Waals surface area contributed by atoms with Crippen molar-refractivity contribution in [3.63, 3.8) is 0 Å². The Hall–Kier alpha value is -3.89. The van der Waals surface area contributed by atoms with Crippen molar-refractivity contribution < 1.29 is 9.47 Å². The van der Waals surface area contributed by atoms with Crippen LogP contribution < -0.4 is 22.5 Å². The molecule has 0 atom stereocenters. The number of aromatic nitrogens is 8. The van der Waals surface area contributed by atoms with Crippen LogP contribution in [0.4, 0.5) is 0 Å². The molecule has 4 aromatic rings. The fourth-order valence-corrected chi connectivity index (χ4v) is 5.49. The molecule has 16 nitrogen and oxygen atoms in total. The van der Waals surface area contributed by atoms with Gasteiger partial charge in [-0.25, -0.2) is 32.7 Å². The molecule has 0 saturated carbocycles. The first-order valence-corrected chi connectivity index (χ1v) is 23.2. The quantitative estimate of drug-likeness (QED) is 0.0795. The average Bonchev–Trinajstić information content (AvgIpc) is 3.62. The van der Waals surface area contributed by atoms with Crippen LogP contribution in [-0.4, -0.2) is 72.6 Å². The van der Waals surface area contributed by atoms with E-state index in [1.54, 1.807) is 16.2 Å². The van der Waals surface area contributed by atoms with E-state index < -0.39 is 38.6 Å². The van der Waals surface area contributed by atoms with Crippen LogP contribution in [0.5, 0.6) is 0 Å². The zero-order valence-corrected chi connectivity index (χ0v) is 31.7. The fraction of sp³-hybridized carbons (Fsp3) is 0.586. The molecule has 0 saturated heterocycles. The van der Waals surface area contributed by atoms with Crippen molar-refractivity contribution >= 4 is 54.4 Å². The molecular weight excluding hydrogens is 720 g/mol. The minimum Gasteiger partial charge on any atom is -0.361 e. The van der Waals surface area contributed by atoms with Gasteiger partial charge in [0.2, 0.25) is 0 Å². The van der Waals surface area contributed by atoms with E-state index in [4.69, 9.17) is 22.6 Å². The molecule has 0 aromatic carbocycles. The second-order valence-electron chi connectivity index (χ2n) is 12.9. The van der Waals surface area contributed by atoms with E-state index in [1.807, 2.05) is 0 Å². The summed E-state index contributed by atoms with van der Waals surface area (Å²) in [5.41, 5.74) is -0.213. The number of alkyl halides is 1. The number of imidazole rings is 2. The zero-order chi connectivity index (χ0) is 35.5. The number of nitrogens with zero attached hydrogens (tertiary/aromatic N) is 9. The summed E-state index contributed by atoms with van der Waals surface area (Å²) in [6.07, 6.45) is 3.01. The lowest BCUT2D eigenvalue weighted by molar-refractivity contribution is 0.0896. The smallest absolute Gasteiger partial charge is 0.338 e. The van der Waals surface area contributed by atoms with Crippen molar-refractivity contribution in [2.45, 2.75) is 78.9 Å². The second-order valence-corrected chi connectivity index (χ2v) is 24.7. The van der Waals surface area contributed by atoms with E-state index in [2.05, 4.69) is 79.9 Å². The summed E-state index contributed by atoms with van der Waals surface area (Å²) in [7, 11) is 0.811. The summed E-state index contributed by atoms with van der Waals surface area (Å²) in [5, 5.41) is 0. The van der Waals surface area contributed by atoms with Gasteiger partial charge in [-0.1, -0.05) is 46.7 Å². The number of hydrogen-bond donors (Lipinski definition) is 1. The number of rotatable bonds is 11. The summed E-state index contributed by atoms with van der Waals surface area (Å²) in [5.74, 6) is 0. The number of aromatic amines is 1. The highest BCUT2D eigenvalue weighted by molar-refractivity contribution is 9.09. The molecule has 0 aliphatic carbocycles. The fourth-order valence-electron chi connectivity index (χ4n) is 3.98. The molecule has 0 aliphatic rings. The number of nitrogens with one attached hydrogen (secondary N) is 1. The van der Waals surface area contributed by atoms with Crippen molar-refractivity contribution in [2.75, 3.05) is 18.7 Å². The molecule has 4 aromatic heterocycles. The van der Waals surface area contributed by atoms with E-state index in [0.29, 0.717) is 35.5 Å². The summed E-state index contributed by atoms with van der Waals surface area (Å²) in [6.45, 7) is 28.0. The van der Waals surface area contributed by atoms with Gasteiger partial charge in [-0.3, -0.25) is 28.6 Å². The van der Waals surface area contributed by atoms with Gasteiger partial charge in [0.15, 0.2) is 22.3 Å². The first-order valence-electron chi connectivity index (χ1n) is 14.6. The molecule has 48 heavy (non-hydrogen) atoms. The lowest BCUT2D eigenvalue weighted by Crippen LogP contribution is -2.39. The Morgan fingerprint density at radius 3 is 1.71 bits per heavy atom. The standard InChI is InChI=1S/C14H21N5O3Si.C12H20N4O3Si.C2H2BrN.CH4/c1-15-8-19-13(20)11-12(17(2)14(19)21)16-9-18(11)10-22-6-7-23(3,4)5;1-15-10-9(11(17)14-12(15)18)16(7-13-10)8-19-5-6-20(2,3)4;1-4-2-3;/h9H,6-8,10H2,2-5H3;7H,5-6,8H2,1-4H3,(H,14,17,18);2H2;1H4. The van der Waals surface area contributed by atoms with E-state index in [9.17, 15) is 19.2 Å². The zero-order valence-electron chi connectivity index (χ0n) is 28.2. The maximum absolute atomic E-state index is 12.5. The van der Waals surface area contributed by atoms with Crippen molar-refractivity contribution in [3.8, 4) is 0 Å². The van der Waals surface area contributed by atoms with E-state index >= 15 is 0 Å². The van der Waals surface area contributed by atoms with E-state index in [-0.39, 0.29) is 33.1 Å². The molecule has 0 bridgehead atoms. The van der Waals surface area contributed by atoms with Gasteiger partial charge in [-0.05, 0) is 12.1 Å². The molecule has 0 unspecified atom stereocenters. The Bertz CT molecular complexity index is 1980. The molecule has 0 fully saturated rings.